The van der Waals surface area contributed by atoms with Crippen LogP contribution in [0, 0.1) is 11.3 Å². The van der Waals surface area contributed by atoms with Gasteiger partial charge in [0.05, 0.1) is 0 Å². The number of alkyl halides is 3. The first-order valence-electron chi connectivity index (χ1n) is 9.35. The quantitative estimate of drug-likeness (QED) is 0.432. The Morgan fingerprint density at radius 1 is 1.10 bits per heavy atom. The minimum Gasteiger partial charge on any atom is -0.459 e. The van der Waals surface area contributed by atoms with Crippen LogP contribution in [0.4, 0.5) is 13.2 Å². The standard InChI is InChI=1S/C22H29F3O4/c1-7-11-15(2)17(14-18(26)20(3,4)5)29-19(27)21(28-6,22(23,24)25)16-12-9-8-10-13-16/h7-13,15,17H,14H2,1-6H3/b11-7+/t15-,17+,21?/m1/s1. The van der Waals surface area contributed by atoms with Gasteiger partial charge in [0.15, 0.2) is 0 Å². The maximum Gasteiger partial charge on any atom is 0.432 e. The van der Waals surface area contributed by atoms with Crippen LogP contribution in [-0.4, -0.2) is 31.1 Å². The van der Waals surface area contributed by atoms with E-state index in [0.717, 1.165) is 19.2 Å². The Hall–Kier alpha value is -2.15. The summed E-state index contributed by atoms with van der Waals surface area (Å²) in [5.41, 5.74) is -4.39. The fourth-order valence-electron chi connectivity index (χ4n) is 2.86. The zero-order chi connectivity index (χ0) is 22.5. The molecule has 0 aliphatic carbocycles. The Morgan fingerprint density at radius 3 is 2.07 bits per heavy atom. The summed E-state index contributed by atoms with van der Waals surface area (Å²) in [7, 11) is 0.812. The van der Waals surface area contributed by atoms with E-state index in [-0.39, 0.29) is 17.8 Å². The van der Waals surface area contributed by atoms with Crippen LogP contribution in [-0.2, 0) is 24.7 Å². The van der Waals surface area contributed by atoms with Gasteiger partial charge in [-0.1, -0.05) is 70.2 Å². The van der Waals surface area contributed by atoms with E-state index in [1.807, 2.05) is 0 Å². The van der Waals surface area contributed by atoms with E-state index in [4.69, 9.17) is 9.47 Å². The van der Waals surface area contributed by atoms with Crippen LogP contribution in [0.5, 0.6) is 0 Å². The van der Waals surface area contributed by atoms with Crippen LogP contribution >= 0.6 is 0 Å². The molecular formula is C22H29F3O4. The molecule has 1 unspecified atom stereocenters. The lowest BCUT2D eigenvalue weighted by molar-refractivity contribution is -0.278. The lowest BCUT2D eigenvalue weighted by atomic mass is 9.85. The first-order chi connectivity index (χ1) is 13.3. The normalized spacial score (nSPS) is 16.9. The Morgan fingerprint density at radius 2 is 1.66 bits per heavy atom. The molecule has 7 heteroatoms. The predicted octanol–water partition coefficient (Wildman–Crippen LogP) is 5.22. The fraction of sp³-hybridized carbons (Fsp3) is 0.545. The average molecular weight is 414 g/mol. The largest absolute Gasteiger partial charge is 0.459 e. The zero-order valence-electron chi connectivity index (χ0n) is 17.7. The van der Waals surface area contributed by atoms with Crippen LogP contribution in [0.1, 0.15) is 46.6 Å². The first kappa shape index (κ1) is 24.9. The Balaban J connectivity index is 3.37. The number of ether oxygens (including phenoxy) is 2. The maximum atomic E-state index is 14.1. The fourth-order valence-corrected chi connectivity index (χ4v) is 2.86. The van der Waals surface area contributed by atoms with Gasteiger partial charge in [-0.15, -0.1) is 0 Å². The molecule has 3 atom stereocenters. The first-order valence-corrected chi connectivity index (χ1v) is 9.35. The van der Waals surface area contributed by atoms with Crippen molar-refractivity contribution in [1.82, 2.24) is 0 Å². The zero-order valence-corrected chi connectivity index (χ0v) is 17.7. The number of benzene rings is 1. The van der Waals surface area contributed by atoms with Gasteiger partial charge in [-0.05, 0) is 6.92 Å². The number of halogens is 3. The molecule has 1 aromatic rings. The van der Waals surface area contributed by atoms with Gasteiger partial charge in [0.25, 0.3) is 5.60 Å². The summed E-state index contributed by atoms with van der Waals surface area (Å²) < 4.78 is 52.2. The summed E-state index contributed by atoms with van der Waals surface area (Å²) in [5, 5.41) is 0. The molecule has 0 bridgehead atoms. The van der Waals surface area contributed by atoms with E-state index >= 15 is 0 Å². The summed E-state index contributed by atoms with van der Waals surface area (Å²) in [6, 6.07) is 6.60. The smallest absolute Gasteiger partial charge is 0.432 e. The van der Waals surface area contributed by atoms with E-state index in [1.54, 1.807) is 46.8 Å². The number of carbonyl (C=O) groups excluding carboxylic acids is 2. The molecule has 0 saturated carbocycles. The van der Waals surface area contributed by atoms with Gasteiger partial charge < -0.3 is 9.47 Å². The van der Waals surface area contributed by atoms with E-state index in [2.05, 4.69) is 0 Å². The molecule has 0 fully saturated rings. The summed E-state index contributed by atoms with van der Waals surface area (Å²) in [6.07, 6.45) is -2.96. The van der Waals surface area contributed by atoms with Gasteiger partial charge >= 0.3 is 12.1 Å². The van der Waals surface area contributed by atoms with Crippen molar-refractivity contribution in [2.45, 2.75) is 58.9 Å². The van der Waals surface area contributed by atoms with Gasteiger partial charge in [0.2, 0.25) is 0 Å². The van der Waals surface area contributed by atoms with Crippen molar-refractivity contribution >= 4 is 11.8 Å². The second-order valence-corrected chi connectivity index (χ2v) is 7.96. The highest BCUT2D eigenvalue weighted by atomic mass is 19.4. The highest BCUT2D eigenvalue weighted by Crippen LogP contribution is 2.43. The van der Waals surface area contributed by atoms with E-state index in [0.29, 0.717) is 0 Å². The van der Waals surface area contributed by atoms with Crippen LogP contribution in [0.2, 0.25) is 0 Å². The Labute approximate surface area is 170 Å². The molecule has 29 heavy (non-hydrogen) atoms. The molecule has 1 aromatic carbocycles. The lowest BCUT2D eigenvalue weighted by Gasteiger charge is -2.35. The third-order valence-corrected chi connectivity index (χ3v) is 4.74. The van der Waals surface area contributed by atoms with Crippen molar-refractivity contribution in [1.29, 1.82) is 0 Å². The third kappa shape index (κ3) is 5.69. The molecule has 0 amide bonds. The van der Waals surface area contributed by atoms with E-state index in [1.165, 1.54) is 18.2 Å². The summed E-state index contributed by atoms with van der Waals surface area (Å²) in [6.45, 7) is 8.52. The minimum atomic E-state index is -5.07. The number of methoxy groups -OCH3 is 1. The van der Waals surface area contributed by atoms with Gasteiger partial charge in [0, 0.05) is 30.4 Å². The molecule has 0 aliphatic rings. The maximum absolute atomic E-state index is 14.1. The number of Topliss-reactive ketones (excluding diaryl/α,β-unsaturated/α-hetero) is 1. The van der Waals surface area contributed by atoms with Crippen molar-refractivity contribution in [3.8, 4) is 0 Å². The SMILES string of the molecule is C/C=C/[C@@H](C)[C@H](CC(=O)C(C)(C)C)OC(=O)C(OC)(c1ccccc1)C(F)(F)F. The van der Waals surface area contributed by atoms with Crippen molar-refractivity contribution in [2.75, 3.05) is 7.11 Å². The molecule has 0 aromatic heterocycles. The van der Waals surface area contributed by atoms with Gasteiger partial charge in [-0.2, -0.15) is 13.2 Å². The van der Waals surface area contributed by atoms with Crippen LogP contribution < -0.4 is 0 Å². The second kappa shape index (κ2) is 9.57. The van der Waals surface area contributed by atoms with Gasteiger partial charge in [-0.25, -0.2) is 4.79 Å². The number of esters is 1. The summed E-state index contributed by atoms with van der Waals surface area (Å²) in [5.74, 6) is -2.28. The minimum absolute atomic E-state index is 0.201. The molecule has 162 valence electrons. The highest BCUT2D eigenvalue weighted by Gasteiger charge is 2.64. The predicted molar refractivity (Wildman–Crippen MR) is 104 cm³/mol. The van der Waals surface area contributed by atoms with Crippen molar-refractivity contribution in [3.05, 3.63) is 48.0 Å². The van der Waals surface area contributed by atoms with Crippen LogP contribution in [0.3, 0.4) is 0 Å². The Kier molecular flexibility index (Phi) is 8.21. The van der Waals surface area contributed by atoms with E-state index < -0.39 is 35.2 Å². The molecule has 0 spiro atoms. The monoisotopic (exact) mass is 414 g/mol. The van der Waals surface area contributed by atoms with Crippen LogP contribution in [0.15, 0.2) is 42.5 Å². The van der Waals surface area contributed by atoms with Crippen molar-refractivity contribution < 1.29 is 32.2 Å². The number of allylic oxidation sites excluding steroid dienone is 1. The van der Waals surface area contributed by atoms with E-state index in [9.17, 15) is 22.8 Å². The third-order valence-electron chi connectivity index (χ3n) is 4.74. The van der Waals surface area contributed by atoms with Gasteiger partial charge in [0.1, 0.15) is 11.9 Å². The topological polar surface area (TPSA) is 52.6 Å². The lowest BCUT2D eigenvalue weighted by Crippen LogP contribution is -2.53. The molecule has 0 N–H and O–H groups in total. The summed E-state index contributed by atoms with van der Waals surface area (Å²) >= 11 is 0. The number of rotatable bonds is 8. The molecule has 4 nitrogen and oxygen atoms in total. The molecule has 1 rings (SSSR count). The van der Waals surface area contributed by atoms with Crippen molar-refractivity contribution in [3.63, 3.8) is 0 Å². The number of hydrogen-bond donors (Lipinski definition) is 0. The van der Waals surface area contributed by atoms with Gasteiger partial charge in [-0.3, -0.25) is 4.79 Å². The molecule has 0 radical (unpaired) electrons. The number of carbonyl (C=O) groups is 2. The van der Waals surface area contributed by atoms with Crippen molar-refractivity contribution in [2.24, 2.45) is 11.3 Å². The average Bonchev–Trinajstić information content (AvgIpc) is 2.61. The number of hydrogen-bond acceptors (Lipinski definition) is 4. The molecule has 0 saturated heterocycles. The van der Waals surface area contributed by atoms with Crippen LogP contribution in [0.25, 0.3) is 0 Å². The second-order valence-electron chi connectivity index (χ2n) is 7.96. The number of ketones is 1. The highest BCUT2D eigenvalue weighted by molar-refractivity contribution is 5.86. The Bertz CT molecular complexity index is 720. The molecule has 0 aliphatic heterocycles. The summed E-state index contributed by atoms with van der Waals surface area (Å²) in [4.78, 5) is 25.4. The molecule has 0 heterocycles. The molecular weight excluding hydrogens is 385 g/mol.